The van der Waals surface area contributed by atoms with E-state index in [9.17, 15) is 19.7 Å². The molecule has 1 N–H and O–H groups in total. The third kappa shape index (κ3) is 7.53. The lowest BCUT2D eigenvalue weighted by Crippen LogP contribution is -2.33. The van der Waals surface area contributed by atoms with Gasteiger partial charge in [-0.3, -0.25) is 14.9 Å². The monoisotopic (exact) mass is 521 g/mol. The first kappa shape index (κ1) is 27.7. The van der Waals surface area contributed by atoms with Gasteiger partial charge < -0.3 is 18.9 Å². The molecule has 1 unspecified atom stereocenters. The van der Waals surface area contributed by atoms with Crippen molar-refractivity contribution in [1.29, 1.82) is 0 Å². The summed E-state index contributed by atoms with van der Waals surface area (Å²) in [5.74, 6) is -0.00723. The van der Waals surface area contributed by atoms with Gasteiger partial charge in [-0.25, -0.2) is 10.2 Å². The maximum atomic E-state index is 12.6. The van der Waals surface area contributed by atoms with Crippen LogP contribution in [0.4, 0.5) is 5.69 Å². The van der Waals surface area contributed by atoms with Crippen molar-refractivity contribution in [2.24, 2.45) is 5.10 Å². The van der Waals surface area contributed by atoms with Crippen molar-refractivity contribution >= 4 is 23.8 Å². The summed E-state index contributed by atoms with van der Waals surface area (Å²) >= 11 is 0. The van der Waals surface area contributed by atoms with Crippen LogP contribution in [0.3, 0.4) is 0 Å². The number of hydrazone groups is 1. The van der Waals surface area contributed by atoms with Crippen molar-refractivity contribution in [2.75, 3.05) is 13.2 Å². The highest BCUT2D eigenvalue weighted by atomic mass is 16.6. The topological polar surface area (TPSA) is 139 Å². The third-order valence-corrected chi connectivity index (χ3v) is 4.99. The van der Waals surface area contributed by atoms with Gasteiger partial charge in [0.2, 0.25) is 0 Å². The molecule has 0 spiro atoms. The first-order valence-corrected chi connectivity index (χ1v) is 11.8. The van der Waals surface area contributed by atoms with E-state index in [4.69, 9.17) is 18.9 Å². The second kappa shape index (κ2) is 13.4. The summed E-state index contributed by atoms with van der Waals surface area (Å²) in [7, 11) is 0. The lowest BCUT2D eigenvalue weighted by Gasteiger charge is -2.13. The molecule has 0 fully saturated rings. The second-order valence-electron chi connectivity index (χ2n) is 7.71. The standard InChI is InChI=1S/C27H27N3O8/c1-4-35-21-13-11-20(12-14-21)27(32)38-24-15-10-19(16-25(24)36-5-2)17-28-29-26(31)18(3)37-23-9-7-6-8-22(23)30(33)34/h6-18H,4-5H2,1-3H3,(H,29,31)/b28-17+. The molecule has 3 aromatic rings. The first-order valence-electron chi connectivity index (χ1n) is 11.8. The Hall–Kier alpha value is -4.93. The van der Waals surface area contributed by atoms with Gasteiger partial charge in [0.1, 0.15) is 5.75 Å². The van der Waals surface area contributed by atoms with Crippen LogP contribution in [-0.2, 0) is 4.79 Å². The van der Waals surface area contributed by atoms with Crippen LogP contribution in [0.25, 0.3) is 0 Å². The molecular formula is C27H27N3O8. The number of nitrogens with one attached hydrogen (secondary N) is 1. The number of rotatable bonds is 12. The number of nitro groups is 1. The maximum Gasteiger partial charge on any atom is 0.343 e. The lowest BCUT2D eigenvalue weighted by molar-refractivity contribution is -0.386. The van der Waals surface area contributed by atoms with Gasteiger partial charge in [-0.1, -0.05) is 12.1 Å². The molecule has 0 saturated carbocycles. The largest absolute Gasteiger partial charge is 0.494 e. The smallest absolute Gasteiger partial charge is 0.343 e. The van der Waals surface area contributed by atoms with Crippen LogP contribution >= 0.6 is 0 Å². The van der Waals surface area contributed by atoms with Crippen molar-refractivity contribution in [3.63, 3.8) is 0 Å². The summed E-state index contributed by atoms with van der Waals surface area (Å²) in [6.07, 6.45) is 0.326. The molecule has 0 aliphatic carbocycles. The van der Waals surface area contributed by atoms with Crippen molar-refractivity contribution in [2.45, 2.75) is 26.9 Å². The van der Waals surface area contributed by atoms with Crippen molar-refractivity contribution < 1.29 is 33.5 Å². The summed E-state index contributed by atoms with van der Waals surface area (Å²) in [5.41, 5.74) is 2.99. The zero-order chi connectivity index (χ0) is 27.5. The minimum atomic E-state index is -1.04. The highest BCUT2D eigenvalue weighted by Gasteiger charge is 2.20. The number of benzene rings is 3. The van der Waals surface area contributed by atoms with Gasteiger partial charge in [0, 0.05) is 6.07 Å². The van der Waals surface area contributed by atoms with Gasteiger partial charge in [-0.2, -0.15) is 5.10 Å². The third-order valence-electron chi connectivity index (χ3n) is 4.99. The maximum absolute atomic E-state index is 12.6. The van der Waals surface area contributed by atoms with Gasteiger partial charge in [0.15, 0.2) is 23.4 Å². The molecule has 0 radical (unpaired) electrons. The zero-order valence-electron chi connectivity index (χ0n) is 21.1. The number of nitro benzene ring substituents is 1. The molecule has 0 bridgehead atoms. The van der Waals surface area contributed by atoms with Crippen LogP contribution in [0.5, 0.6) is 23.0 Å². The fourth-order valence-electron chi connectivity index (χ4n) is 3.18. The highest BCUT2D eigenvalue weighted by molar-refractivity contribution is 5.92. The Balaban J connectivity index is 1.63. The molecule has 11 nitrogen and oxygen atoms in total. The van der Waals surface area contributed by atoms with Crippen molar-refractivity contribution in [3.05, 3.63) is 88.0 Å². The second-order valence-corrected chi connectivity index (χ2v) is 7.71. The van der Waals surface area contributed by atoms with Gasteiger partial charge >= 0.3 is 11.7 Å². The number of carbonyl (C=O) groups excluding carboxylic acids is 2. The van der Waals surface area contributed by atoms with Crippen LogP contribution in [0.15, 0.2) is 71.8 Å². The van der Waals surface area contributed by atoms with E-state index in [-0.39, 0.29) is 17.2 Å². The molecule has 3 aromatic carbocycles. The lowest BCUT2D eigenvalue weighted by atomic mass is 10.2. The Morgan fingerprint density at radius 2 is 1.68 bits per heavy atom. The van der Waals surface area contributed by atoms with E-state index >= 15 is 0 Å². The molecule has 11 heteroatoms. The van der Waals surface area contributed by atoms with Crippen LogP contribution in [0, 0.1) is 10.1 Å². The number of carbonyl (C=O) groups is 2. The highest BCUT2D eigenvalue weighted by Crippen LogP contribution is 2.29. The predicted octanol–water partition coefficient (Wildman–Crippen LogP) is 4.53. The Labute approximate surface area is 219 Å². The first-order chi connectivity index (χ1) is 18.3. The molecule has 0 heterocycles. The molecule has 3 rings (SSSR count). The predicted molar refractivity (Wildman–Crippen MR) is 139 cm³/mol. The molecule has 0 aliphatic rings. The SMILES string of the molecule is CCOc1ccc(C(=O)Oc2ccc(/C=N/NC(=O)C(C)Oc3ccccc3[N+](=O)[O-])cc2OCC)cc1. The summed E-state index contributed by atoms with van der Waals surface area (Å²) in [6, 6.07) is 17.1. The molecule has 0 saturated heterocycles. The minimum absolute atomic E-state index is 0.0270. The number of hydrogen-bond donors (Lipinski definition) is 1. The zero-order valence-corrected chi connectivity index (χ0v) is 21.1. The van der Waals surface area contributed by atoms with Gasteiger partial charge in [0.05, 0.1) is 29.9 Å². The minimum Gasteiger partial charge on any atom is -0.494 e. The van der Waals surface area contributed by atoms with E-state index in [1.54, 1.807) is 55.5 Å². The Morgan fingerprint density at radius 1 is 0.974 bits per heavy atom. The Kier molecular flexibility index (Phi) is 9.75. The summed E-state index contributed by atoms with van der Waals surface area (Å²) in [5, 5.41) is 15.0. The number of esters is 1. The Morgan fingerprint density at radius 3 is 2.37 bits per heavy atom. The fraction of sp³-hybridized carbons (Fsp3) is 0.222. The van der Waals surface area contributed by atoms with E-state index in [0.717, 1.165) is 0 Å². The fourth-order valence-corrected chi connectivity index (χ4v) is 3.18. The van der Waals surface area contributed by atoms with Gasteiger partial charge in [-0.15, -0.1) is 0 Å². The Bertz CT molecular complexity index is 1310. The number of amides is 1. The molecule has 38 heavy (non-hydrogen) atoms. The molecule has 0 aliphatic heterocycles. The molecule has 0 aromatic heterocycles. The molecule has 198 valence electrons. The quantitative estimate of drug-likeness (QED) is 0.121. The van der Waals surface area contributed by atoms with E-state index in [1.807, 2.05) is 6.92 Å². The molecule has 1 atom stereocenters. The van der Waals surface area contributed by atoms with Crippen LogP contribution in [-0.4, -0.2) is 42.3 Å². The molecular weight excluding hydrogens is 494 g/mol. The van der Waals surface area contributed by atoms with E-state index in [0.29, 0.717) is 35.8 Å². The van der Waals surface area contributed by atoms with Crippen LogP contribution in [0.1, 0.15) is 36.7 Å². The number of ether oxygens (including phenoxy) is 4. The molecule has 1 amide bonds. The summed E-state index contributed by atoms with van der Waals surface area (Å²) in [6.45, 7) is 5.95. The van der Waals surface area contributed by atoms with E-state index in [2.05, 4.69) is 10.5 Å². The van der Waals surface area contributed by atoms with Crippen molar-refractivity contribution in [1.82, 2.24) is 5.43 Å². The van der Waals surface area contributed by atoms with Crippen molar-refractivity contribution in [3.8, 4) is 23.0 Å². The summed E-state index contributed by atoms with van der Waals surface area (Å²) in [4.78, 5) is 35.5. The summed E-state index contributed by atoms with van der Waals surface area (Å²) < 4.78 is 21.9. The number of para-hydroxylation sites is 2. The van der Waals surface area contributed by atoms with E-state index in [1.165, 1.54) is 31.3 Å². The number of nitrogens with zero attached hydrogens (tertiary/aromatic N) is 2. The van der Waals surface area contributed by atoms with Gasteiger partial charge in [0.25, 0.3) is 5.91 Å². The van der Waals surface area contributed by atoms with Crippen LogP contribution in [0.2, 0.25) is 0 Å². The normalized spacial score (nSPS) is 11.4. The van der Waals surface area contributed by atoms with Gasteiger partial charge in [-0.05, 0) is 74.9 Å². The average molecular weight is 522 g/mol. The van der Waals surface area contributed by atoms with E-state index < -0.39 is 22.9 Å². The van der Waals surface area contributed by atoms with Crippen LogP contribution < -0.4 is 24.4 Å². The average Bonchev–Trinajstić information content (AvgIpc) is 2.91. The number of hydrogen-bond acceptors (Lipinski definition) is 9.